The van der Waals surface area contributed by atoms with Gasteiger partial charge in [-0.25, -0.2) is 0 Å². The molecule has 3 N–H and O–H groups in total. The number of aromatic amines is 1. The van der Waals surface area contributed by atoms with Crippen molar-refractivity contribution in [3.8, 4) is 0 Å². The minimum absolute atomic E-state index is 0.0635. The molecule has 0 saturated heterocycles. The van der Waals surface area contributed by atoms with E-state index in [4.69, 9.17) is 0 Å². The second kappa shape index (κ2) is 4.78. The summed E-state index contributed by atoms with van der Waals surface area (Å²) in [4.78, 5) is 12.2. The maximum atomic E-state index is 12.2. The third-order valence-electron chi connectivity index (χ3n) is 2.91. The van der Waals surface area contributed by atoms with Crippen LogP contribution in [-0.4, -0.2) is 28.2 Å². The molecule has 0 radical (unpaired) electrons. The quantitative estimate of drug-likeness (QED) is 0.771. The number of likely N-dealkylation sites (N-methyl/N-ethyl adjacent to an activating group) is 1. The predicted molar refractivity (Wildman–Crippen MR) is 72.5 cm³/mol. The molecule has 1 amide bonds. The highest BCUT2D eigenvalue weighted by Crippen LogP contribution is 2.21. The van der Waals surface area contributed by atoms with Crippen LogP contribution in [0.3, 0.4) is 0 Å². The Morgan fingerprint density at radius 3 is 2.94 bits per heavy atom. The number of aromatic nitrogens is 2. The second-order valence-electron chi connectivity index (χ2n) is 4.75. The van der Waals surface area contributed by atoms with E-state index in [1.807, 2.05) is 39.0 Å². The normalized spacial score (nSPS) is 11.7. The summed E-state index contributed by atoms with van der Waals surface area (Å²) < 4.78 is 0. The van der Waals surface area contributed by atoms with E-state index in [0.29, 0.717) is 0 Å². The summed E-state index contributed by atoms with van der Waals surface area (Å²) >= 11 is 0. The number of fused-ring (bicyclic) bond motifs is 1. The lowest BCUT2D eigenvalue weighted by atomic mass is 10.0. The Kier molecular flexibility index (Phi) is 3.34. The van der Waals surface area contributed by atoms with Crippen molar-refractivity contribution in [3.05, 3.63) is 24.4 Å². The average molecular weight is 246 g/mol. The Bertz CT molecular complexity index is 559. The monoisotopic (exact) mass is 246 g/mol. The van der Waals surface area contributed by atoms with E-state index in [9.17, 15) is 4.79 Å². The Labute approximate surface area is 106 Å². The van der Waals surface area contributed by atoms with Crippen molar-refractivity contribution in [2.75, 3.05) is 11.9 Å². The summed E-state index contributed by atoms with van der Waals surface area (Å²) in [7, 11) is 0. The largest absolute Gasteiger partial charge is 0.323 e. The van der Waals surface area contributed by atoms with Gasteiger partial charge in [0, 0.05) is 5.39 Å². The first-order valence-electron chi connectivity index (χ1n) is 6.03. The maximum absolute atomic E-state index is 12.2. The van der Waals surface area contributed by atoms with E-state index >= 15 is 0 Å². The van der Waals surface area contributed by atoms with E-state index in [2.05, 4.69) is 20.8 Å². The Balaban J connectivity index is 2.24. The molecular formula is C13H18N4O. The molecule has 0 atom stereocenters. The topological polar surface area (TPSA) is 69.8 Å². The van der Waals surface area contributed by atoms with Gasteiger partial charge in [0.25, 0.3) is 0 Å². The first kappa shape index (κ1) is 12.6. The first-order valence-corrected chi connectivity index (χ1v) is 6.03. The van der Waals surface area contributed by atoms with Gasteiger partial charge in [-0.15, -0.1) is 0 Å². The first-order chi connectivity index (χ1) is 8.54. The van der Waals surface area contributed by atoms with Crippen LogP contribution >= 0.6 is 0 Å². The zero-order chi connectivity index (χ0) is 13.2. The van der Waals surface area contributed by atoms with E-state index in [1.165, 1.54) is 0 Å². The van der Waals surface area contributed by atoms with Crippen molar-refractivity contribution < 1.29 is 4.79 Å². The van der Waals surface area contributed by atoms with Crippen LogP contribution in [0.1, 0.15) is 20.8 Å². The molecule has 0 aliphatic heterocycles. The molecule has 2 rings (SSSR count). The van der Waals surface area contributed by atoms with E-state index in [0.717, 1.165) is 23.1 Å². The van der Waals surface area contributed by atoms with Gasteiger partial charge in [-0.1, -0.05) is 19.1 Å². The lowest BCUT2D eigenvalue weighted by Crippen LogP contribution is -2.49. The van der Waals surface area contributed by atoms with Crippen molar-refractivity contribution >= 4 is 22.5 Å². The van der Waals surface area contributed by atoms with Crippen LogP contribution in [0.15, 0.2) is 24.4 Å². The SMILES string of the molecule is CCNC(C)(C)C(=O)Nc1cccc2cn[nH]c12. The molecule has 18 heavy (non-hydrogen) atoms. The van der Waals surface area contributed by atoms with Crippen LogP contribution in [-0.2, 0) is 4.79 Å². The molecule has 0 spiro atoms. The number of amides is 1. The number of carbonyl (C=O) groups is 1. The number of carbonyl (C=O) groups excluding carboxylic acids is 1. The molecule has 0 saturated carbocycles. The smallest absolute Gasteiger partial charge is 0.244 e. The minimum Gasteiger partial charge on any atom is -0.323 e. The maximum Gasteiger partial charge on any atom is 0.244 e. The van der Waals surface area contributed by atoms with Gasteiger partial charge < -0.3 is 10.6 Å². The molecule has 0 aliphatic rings. The van der Waals surface area contributed by atoms with E-state index < -0.39 is 5.54 Å². The zero-order valence-electron chi connectivity index (χ0n) is 10.9. The molecule has 0 unspecified atom stereocenters. The molecule has 1 aromatic carbocycles. The standard InChI is InChI=1S/C13H18N4O/c1-4-14-13(2,3)12(18)16-10-7-5-6-9-8-15-17-11(9)10/h5-8,14H,4H2,1-3H3,(H,15,17)(H,16,18). The number of nitrogens with zero attached hydrogens (tertiary/aromatic N) is 1. The van der Waals surface area contributed by atoms with Crippen LogP contribution in [0.4, 0.5) is 5.69 Å². The number of para-hydroxylation sites is 1. The van der Waals surface area contributed by atoms with Crippen molar-refractivity contribution in [3.63, 3.8) is 0 Å². The predicted octanol–water partition coefficient (Wildman–Crippen LogP) is 1.89. The fraction of sp³-hybridized carbons (Fsp3) is 0.385. The van der Waals surface area contributed by atoms with Gasteiger partial charge in [-0.05, 0) is 26.5 Å². The van der Waals surface area contributed by atoms with Gasteiger partial charge in [0.1, 0.15) is 0 Å². The van der Waals surface area contributed by atoms with Gasteiger partial charge in [-0.2, -0.15) is 5.10 Å². The van der Waals surface area contributed by atoms with Crippen molar-refractivity contribution in [2.24, 2.45) is 0 Å². The van der Waals surface area contributed by atoms with Gasteiger partial charge in [0.15, 0.2) is 0 Å². The van der Waals surface area contributed by atoms with Crippen LogP contribution in [0.25, 0.3) is 10.9 Å². The van der Waals surface area contributed by atoms with Crippen LogP contribution in [0, 0.1) is 0 Å². The Morgan fingerprint density at radius 1 is 1.44 bits per heavy atom. The van der Waals surface area contributed by atoms with Crippen molar-refractivity contribution in [1.82, 2.24) is 15.5 Å². The fourth-order valence-electron chi connectivity index (χ4n) is 1.87. The molecule has 5 nitrogen and oxygen atoms in total. The van der Waals surface area contributed by atoms with Crippen molar-refractivity contribution in [1.29, 1.82) is 0 Å². The third kappa shape index (κ3) is 2.36. The Hall–Kier alpha value is -1.88. The number of H-pyrrole nitrogens is 1. The lowest BCUT2D eigenvalue weighted by molar-refractivity contribution is -0.121. The highest BCUT2D eigenvalue weighted by molar-refractivity contribution is 6.03. The van der Waals surface area contributed by atoms with Gasteiger partial charge in [0.2, 0.25) is 5.91 Å². The molecule has 96 valence electrons. The summed E-state index contributed by atoms with van der Waals surface area (Å²) in [6.07, 6.45) is 1.74. The lowest BCUT2D eigenvalue weighted by Gasteiger charge is -2.24. The highest BCUT2D eigenvalue weighted by atomic mass is 16.2. The third-order valence-corrected chi connectivity index (χ3v) is 2.91. The fourth-order valence-corrected chi connectivity index (χ4v) is 1.87. The van der Waals surface area contributed by atoms with Gasteiger partial charge in [0.05, 0.1) is 22.9 Å². The number of rotatable bonds is 4. The highest BCUT2D eigenvalue weighted by Gasteiger charge is 2.26. The second-order valence-corrected chi connectivity index (χ2v) is 4.75. The number of anilines is 1. The molecule has 5 heteroatoms. The summed E-state index contributed by atoms with van der Waals surface area (Å²) in [6.45, 7) is 6.44. The van der Waals surface area contributed by atoms with Gasteiger partial charge >= 0.3 is 0 Å². The summed E-state index contributed by atoms with van der Waals surface area (Å²) in [5.74, 6) is -0.0635. The zero-order valence-corrected chi connectivity index (χ0v) is 10.9. The molecule has 0 aliphatic carbocycles. The minimum atomic E-state index is -0.600. The van der Waals surface area contributed by atoms with Gasteiger partial charge in [-0.3, -0.25) is 9.89 Å². The van der Waals surface area contributed by atoms with Crippen LogP contribution < -0.4 is 10.6 Å². The molecular weight excluding hydrogens is 228 g/mol. The number of hydrogen-bond acceptors (Lipinski definition) is 3. The molecule has 1 aromatic heterocycles. The summed E-state index contributed by atoms with van der Waals surface area (Å²) in [5.41, 5.74) is 0.996. The van der Waals surface area contributed by atoms with Crippen LogP contribution in [0.2, 0.25) is 0 Å². The number of benzene rings is 1. The summed E-state index contributed by atoms with van der Waals surface area (Å²) in [5, 5.41) is 13.9. The summed E-state index contributed by atoms with van der Waals surface area (Å²) in [6, 6.07) is 5.71. The average Bonchev–Trinajstić information content (AvgIpc) is 2.78. The molecule has 0 fully saturated rings. The number of hydrogen-bond donors (Lipinski definition) is 3. The van der Waals surface area contributed by atoms with E-state index in [-0.39, 0.29) is 5.91 Å². The van der Waals surface area contributed by atoms with E-state index in [1.54, 1.807) is 6.20 Å². The van der Waals surface area contributed by atoms with Crippen LogP contribution in [0.5, 0.6) is 0 Å². The molecule has 1 heterocycles. The molecule has 0 bridgehead atoms. The Morgan fingerprint density at radius 2 is 2.22 bits per heavy atom. The number of nitrogens with one attached hydrogen (secondary N) is 3. The van der Waals surface area contributed by atoms with Crippen molar-refractivity contribution in [2.45, 2.75) is 26.3 Å². The molecule has 2 aromatic rings.